The number of halogens is 1. The lowest BCUT2D eigenvalue weighted by molar-refractivity contribution is 0.893. The maximum Gasteiger partial charge on any atom is 0.263 e. The smallest absolute Gasteiger partial charge is 0.263 e. The maximum absolute atomic E-state index is 12.3. The Morgan fingerprint density at radius 1 is 1.20 bits per heavy atom. The molecule has 0 spiro atoms. The molecule has 0 atom stereocenters. The predicted octanol–water partition coefficient (Wildman–Crippen LogP) is 3.59. The number of thiophene rings is 1. The topological polar surface area (TPSA) is 75.6 Å². The minimum Gasteiger partial charge on any atom is -0.355 e. The molecule has 0 unspecified atom stereocenters. The summed E-state index contributed by atoms with van der Waals surface area (Å²) in [4.78, 5) is 20.9. The number of fused-ring (bicyclic) bond motifs is 1. The van der Waals surface area contributed by atoms with Gasteiger partial charge in [0.05, 0.1) is 15.7 Å². The number of nitrogens with zero attached hydrogens (tertiary/aromatic N) is 3. The first-order valence-corrected chi connectivity index (χ1v) is 9.33. The molecule has 0 radical (unpaired) electrons. The van der Waals surface area contributed by atoms with Crippen LogP contribution in [0.4, 0.5) is 5.95 Å². The van der Waals surface area contributed by atoms with Crippen LogP contribution in [0.25, 0.3) is 16.7 Å². The van der Waals surface area contributed by atoms with Gasteiger partial charge in [-0.25, -0.2) is 4.68 Å². The lowest BCUT2D eigenvalue weighted by Crippen LogP contribution is -2.15. The van der Waals surface area contributed by atoms with Gasteiger partial charge in [0.2, 0.25) is 5.95 Å². The number of hydrogen-bond donors (Lipinski definition) is 2. The van der Waals surface area contributed by atoms with Crippen LogP contribution >= 0.6 is 27.3 Å². The van der Waals surface area contributed by atoms with Crippen LogP contribution in [-0.2, 0) is 6.42 Å². The standard InChI is InChI=1S/C17H14BrN5OS/c18-14-7-6-12(25-14)8-9-19-17-21-15-13(16(24)22-17)10-20-23(15)11-4-2-1-3-5-11/h1-7,10H,8-9H2,(H2,19,21,22,24). The summed E-state index contributed by atoms with van der Waals surface area (Å²) in [5, 5.41) is 7.96. The van der Waals surface area contributed by atoms with Crippen molar-refractivity contribution in [1.82, 2.24) is 19.7 Å². The number of nitrogens with one attached hydrogen (secondary N) is 2. The molecule has 1 aromatic carbocycles. The van der Waals surface area contributed by atoms with Crippen molar-refractivity contribution < 1.29 is 0 Å². The Morgan fingerprint density at radius 2 is 2.04 bits per heavy atom. The van der Waals surface area contributed by atoms with E-state index in [9.17, 15) is 4.79 Å². The molecule has 0 aliphatic rings. The highest BCUT2D eigenvalue weighted by Gasteiger charge is 2.11. The first-order valence-electron chi connectivity index (χ1n) is 7.72. The van der Waals surface area contributed by atoms with Gasteiger partial charge in [-0.2, -0.15) is 10.1 Å². The van der Waals surface area contributed by atoms with Gasteiger partial charge in [0.1, 0.15) is 5.39 Å². The largest absolute Gasteiger partial charge is 0.355 e. The Morgan fingerprint density at radius 3 is 2.80 bits per heavy atom. The molecule has 25 heavy (non-hydrogen) atoms. The molecule has 8 heteroatoms. The quantitative estimate of drug-likeness (QED) is 0.522. The second-order valence-electron chi connectivity index (χ2n) is 5.43. The summed E-state index contributed by atoms with van der Waals surface area (Å²) in [5.41, 5.74) is 1.20. The van der Waals surface area contributed by atoms with Crippen LogP contribution in [0, 0.1) is 0 Å². The zero-order valence-electron chi connectivity index (χ0n) is 13.1. The molecule has 4 rings (SSSR count). The molecule has 6 nitrogen and oxygen atoms in total. The van der Waals surface area contributed by atoms with Crippen molar-refractivity contribution in [3.8, 4) is 5.69 Å². The van der Waals surface area contributed by atoms with Crippen molar-refractivity contribution in [1.29, 1.82) is 0 Å². The molecule has 0 aliphatic carbocycles. The third-order valence-electron chi connectivity index (χ3n) is 3.73. The zero-order chi connectivity index (χ0) is 17.2. The van der Waals surface area contributed by atoms with E-state index < -0.39 is 0 Å². The van der Waals surface area contributed by atoms with Crippen LogP contribution in [0.3, 0.4) is 0 Å². The fourth-order valence-electron chi connectivity index (χ4n) is 2.55. The third-order valence-corrected chi connectivity index (χ3v) is 5.41. The summed E-state index contributed by atoms with van der Waals surface area (Å²) in [6, 6.07) is 13.8. The van der Waals surface area contributed by atoms with Gasteiger partial charge in [0.25, 0.3) is 5.56 Å². The number of para-hydroxylation sites is 1. The number of aromatic amines is 1. The molecule has 0 bridgehead atoms. The minimum absolute atomic E-state index is 0.200. The lowest BCUT2D eigenvalue weighted by atomic mass is 10.3. The van der Waals surface area contributed by atoms with Crippen LogP contribution < -0.4 is 10.9 Å². The Labute approximate surface area is 155 Å². The molecule has 0 saturated carbocycles. The average molecular weight is 416 g/mol. The monoisotopic (exact) mass is 415 g/mol. The normalized spacial score (nSPS) is 11.1. The van der Waals surface area contributed by atoms with Gasteiger partial charge in [0.15, 0.2) is 5.65 Å². The Balaban J connectivity index is 1.60. The SMILES string of the molecule is O=c1[nH]c(NCCc2ccc(Br)s2)nc2c1cnn2-c1ccccc1. The summed E-state index contributed by atoms with van der Waals surface area (Å²) < 4.78 is 2.79. The van der Waals surface area contributed by atoms with Gasteiger partial charge in [-0.1, -0.05) is 18.2 Å². The number of rotatable bonds is 5. The minimum atomic E-state index is -0.200. The Hall–Kier alpha value is -2.45. The molecule has 2 N–H and O–H groups in total. The van der Waals surface area contributed by atoms with E-state index in [4.69, 9.17) is 0 Å². The Kier molecular flexibility index (Phi) is 4.37. The zero-order valence-corrected chi connectivity index (χ0v) is 15.5. The highest BCUT2D eigenvalue weighted by molar-refractivity contribution is 9.11. The maximum atomic E-state index is 12.3. The first-order chi connectivity index (χ1) is 12.2. The van der Waals surface area contributed by atoms with Crippen molar-refractivity contribution in [3.05, 3.63) is 67.7 Å². The lowest BCUT2D eigenvalue weighted by Gasteiger charge is -2.06. The summed E-state index contributed by atoms with van der Waals surface area (Å²) in [5.74, 6) is 0.450. The fourth-order valence-corrected chi connectivity index (χ4v) is 4.03. The number of H-pyrrole nitrogens is 1. The van der Waals surface area contributed by atoms with E-state index in [1.807, 2.05) is 36.4 Å². The van der Waals surface area contributed by atoms with Crippen LogP contribution in [-0.4, -0.2) is 26.3 Å². The number of hydrogen-bond acceptors (Lipinski definition) is 5. The van der Waals surface area contributed by atoms with Crippen LogP contribution in [0.1, 0.15) is 4.88 Å². The van der Waals surface area contributed by atoms with Crippen LogP contribution in [0.5, 0.6) is 0 Å². The Bertz CT molecular complexity index is 1070. The second-order valence-corrected chi connectivity index (χ2v) is 7.97. The van der Waals surface area contributed by atoms with Crippen molar-refractivity contribution in [2.45, 2.75) is 6.42 Å². The average Bonchev–Trinajstić information content (AvgIpc) is 3.22. The van der Waals surface area contributed by atoms with Crippen LogP contribution in [0.15, 0.2) is 57.2 Å². The second kappa shape index (κ2) is 6.81. The number of benzene rings is 1. The molecule has 4 aromatic rings. The van der Waals surface area contributed by atoms with E-state index in [-0.39, 0.29) is 5.56 Å². The fraction of sp³-hybridized carbons (Fsp3) is 0.118. The van der Waals surface area contributed by atoms with Gasteiger partial charge < -0.3 is 5.32 Å². The molecule has 3 heterocycles. The predicted molar refractivity (Wildman–Crippen MR) is 104 cm³/mol. The summed E-state index contributed by atoms with van der Waals surface area (Å²) in [7, 11) is 0. The van der Waals surface area contributed by atoms with Crippen molar-refractivity contribution in [2.75, 3.05) is 11.9 Å². The molecule has 0 saturated heterocycles. The van der Waals surface area contributed by atoms with Crippen molar-refractivity contribution >= 4 is 44.2 Å². The number of anilines is 1. The molecule has 3 aromatic heterocycles. The van der Waals surface area contributed by atoms with Crippen LogP contribution in [0.2, 0.25) is 0 Å². The molecule has 0 aliphatic heterocycles. The molecular formula is C17H14BrN5OS. The highest BCUT2D eigenvalue weighted by atomic mass is 79.9. The van der Waals surface area contributed by atoms with Gasteiger partial charge in [-0.3, -0.25) is 9.78 Å². The van der Waals surface area contributed by atoms with E-state index in [1.165, 1.54) is 4.88 Å². The molecular weight excluding hydrogens is 402 g/mol. The van der Waals surface area contributed by atoms with Crippen molar-refractivity contribution in [3.63, 3.8) is 0 Å². The van der Waals surface area contributed by atoms with Gasteiger partial charge in [0, 0.05) is 11.4 Å². The first kappa shape index (κ1) is 16.0. The summed E-state index contributed by atoms with van der Waals surface area (Å²) in [6.45, 7) is 0.681. The van der Waals surface area contributed by atoms with Crippen molar-refractivity contribution in [2.24, 2.45) is 0 Å². The molecule has 0 amide bonds. The van der Waals surface area contributed by atoms with E-state index in [2.05, 4.69) is 42.4 Å². The van der Waals surface area contributed by atoms with E-state index in [0.29, 0.717) is 23.5 Å². The summed E-state index contributed by atoms with van der Waals surface area (Å²) >= 11 is 5.16. The molecule has 126 valence electrons. The van der Waals surface area contributed by atoms with E-state index in [0.717, 1.165) is 15.9 Å². The molecule has 0 fully saturated rings. The third kappa shape index (κ3) is 3.35. The van der Waals surface area contributed by atoms with Gasteiger partial charge in [-0.15, -0.1) is 11.3 Å². The van der Waals surface area contributed by atoms with E-state index in [1.54, 1.807) is 22.2 Å². The summed E-state index contributed by atoms with van der Waals surface area (Å²) in [6.07, 6.45) is 2.40. The van der Waals surface area contributed by atoms with Gasteiger partial charge in [-0.05, 0) is 46.6 Å². The van der Waals surface area contributed by atoms with Gasteiger partial charge >= 0.3 is 0 Å². The van der Waals surface area contributed by atoms with E-state index >= 15 is 0 Å². The number of aromatic nitrogens is 4. The highest BCUT2D eigenvalue weighted by Crippen LogP contribution is 2.22.